The van der Waals surface area contributed by atoms with Crippen LogP contribution < -0.4 is 0 Å². The van der Waals surface area contributed by atoms with Crippen molar-refractivity contribution in [1.29, 1.82) is 0 Å². The van der Waals surface area contributed by atoms with Crippen molar-refractivity contribution in [3.8, 4) is 11.1 Å². The molecular formula is C30H27NO4S. The second-order valence-corrected chi connectivity index (χ2v) is 10.4. The van der Waals surface area contributed by atoms with Crippen molar-refractivity contribution in [2.24, 2.45) is 0 Å². The van der Waals surface area contributed by atoms with Crippen molar-refractivity contribution < 1.29 is 17.7 Å². The quantitative estimate of drug-likeness (QED) is 0.268. The van der Waals surface area contributed by atoms with Crippen LogP contribution in [0.3, 0.4) is 0 Å². The fourth-order valence-electron chi connectivity index (χ4n) is 4.54. The summed E-state index contributed by atoms with van der Waals surface area (Å²) in [5.74, 6) is 0. The summed E-state index contributed by atoms with van der Waals surface area (Å²) < 4.78 is 33.0. The summed E-state index contributed by atoms with van der Waals surface area (Å²) in [6.45, 7) is 1.50. The van der Waals surface area contributed by atoms with Crippen LogP contribution in [0.4, 0.5) is 0 Å². The Morgan fingerprint density at radius 1 is 0.806 bits per heavy atom. The van der Waals surface area contributed by atoms with Gasteiger partial charge in [-0.3, -0.25) is 4.18 Å². The number of hydrogen-bond donors (Lipinski definition) is 1. The fourth-order valence-corrected chi connectivity index (χ4v) is 5.47. The normalized spacial score (nSPS) is 13.5. The molecule has 0 aliphatic rings. The Bertz CT molecular complexity index is 1560. The molecule has 0 fully saturated rings. The number of aliphatic hydroxyl groups is 1. The lowest BCUT2D eigenvalue weighted by Crippen LogP contribution is -2.30. The maximum atomic E-state index is 12.8. The zero-order chi connectivity index (χ0) is 25.1. The summed E-state index contributed by atoms with van der Waals surface area (Å²) in [5.41, 5.74) is 4.84. The summed E-state index contributed by atoms with van der Waals surface area (Å²) in [5, 5.41) is 12.4. The lowest BCUT2D eigenvalue weighted by atomic mass is 9.99. The molecule has 6 heteroatoms. The molecule has 1 N–H and O–H groups in total. The van der Waals surface area contributed by atoms with Crippen LogP contribution in [0, 0.1) is 6.92 Å². The SMILES string of the molecule is Cc1ccc(S(=O)(=O)OC[C@@H](O)[C@H](c2ccccc2)n2ccc3cccc(-c4ccccc4)c32)cc1. The molecule has 2 atom stereocenters. The summed E-state index contributed by atoms with van der Waals surface area (Å²) in [6.07, 6.45) is 0.805. The number of aryl methyl sites for hydroxylation is 1. The first-order valence-electron chi connectivity index (χ1n) is 11.8. The molecule has 5 nitrogen and oxygen atoms in total. The Morgan fingerprint density at radius 3 is 2.17 bits per heavy atom. The van der Waals surface area contributed by atoms with Gasteiger partial charge in [-0.05, 0) is 36.2 Å². The van der Waals surface area contributed by atoms with E-state index in [2.05, 4.69) is 18.2 Å². The Hall–Kier alpha value is -3.71. The zero-order valence-electron chi connectivity index (χ0n) is 19.9. The van der Waals surface area contributed by atoms with Crippen LogP contribution in [0.5, 0.6) is 0 Å². The van der Waals surface area contributed by atoms with E-state index in [1.54, 1.807) is 12.1 Å². The monoisotopic (exact) mass is 497 g/mol. The van der Waals surface area contributed by atoms with Crippen LogP contribution in [0.1, 0.15) is 17.2 Å². The van der Waals surface area contributed by atoms with Gasteiger partial charge in [0.1, 0.15) is 6.10 Å². The molecule has 0 bridgehead atoms. The minimum absolute atomic E-state index is 0.0642. The molecule has 0 saturated heterocycles. The number of benzene rings is 4. The second-order valence-electron chi connectivity index (χ2n) is 8.81. The first-order valence-corrected chi connectivity index (χ1v) is 13.2. The van der Waals surface area contributed by atoms with Crippen molar-refractivity contribution in [2.45, 2.75) is 24.0 Å². The van der Waals surface area contributed by atoms with E-state index in [4.69, 9.17) is 4.18 Å². The van der Waals surface area contributed by atoms with Gasteiger partial charge in [-0.15, -0.1) is 0 Å². The Balaban J connectivity index is 1.54. The Kier molecular flexibility index (Phi) is 6.74. The molecular weight excluding hydrogens is 470 g/mol. The highest BCUT2D eigenvalue weighted by molar-refractivity contribution is 7.86. The fraction of sp³-hybridized carbons (Fsp3) is 0.133. The van der Waals surface area contributed by atoms with Gasteiger partial charge in [0.05, 0.1) is 23.1 Å². The van der Waals surface area contributed by atoms with E-state index >= 15 is 0 Å². The maximum absolute atomic E-state index is 12.8. The number of aliphatic hydroxyl groups excluding tert-OH is 1. The average Bonchev–Trinajstić information content (AvgIpc) is 3.33. The molecule has 0 amide bonds. The highest BCUT2D eigenvalue weighted by atomic mass is 32.2. The number of hydrogen-bond acceptors (Lipinski definition) is 4. The zero-order valence-corrected chi connectivity index (χ0v) is 20.7. The molecule has 0 aliphatic heterocycles. The third-order valence-electron chi connectivity index (χ3n) is 6.33. The number of nitrogens with zero attached hydrogens (tertiary/aromatic N) is 1. The first kappa shape index (κ1) is 24.0. The van der Waals surface area contributed by atoms with Gasteiger partial charge in [-0.1, -0.05) is 96.6 Å². The van der Waals surface area contributed by atoms with Crippen molar-refractivity contribution in [3.05, 3.63) is 127 Å². The smallest absolute Gasteiger partial charge is 0.297 e. The molecule has 1 heterocycles. The third kappa shape index (κ3) is 4.84. The van der Waals surface area contributed by atoms with Crippen LogP contribution >= 0.6 is 0 Å². The Morgan fingerprint density at radius 2 is 1.47 bits per heavy atom. The van der Waals surface area contributed by atoms with E-state index in [-0.39, 0.29) is 11.5 Å². The molecule has 0 saturated carbocycles. The largest absolute Gasteiger partial charge is 0.388 e. The molecule has 4 aromatic carbocycles. The van der Waals surface area contributed by atoms with Gasteiger partial charge >= 0.3 is 0 Å². The molecule has 36 heavy (non-hydrogen) atoms. The minimum Gasteiger partial charge on any atom is -0.388 e. The highest BCUT2D eigenvalue weighted by Gasteiger charge is 2.28. The van der Waals surface area contributed by atoms with Gasteiger partial charge in [0.15, 0.2) is 0 Å². The van der Waals surface area contributed by atoms with Crippen LogP contribution in [-0.2, 0) is 14.3 Å². The Labute approximate surface area is 211 Å². The van der Waals surface area contributed by atoms with E-state index in [1.165, 1.54) is 12.1 Å². The molecule has 0 radical (unpaired) electrons. The lowest BCUT2D eigenvalue weighted by Gasteiger charge is -2.27. The van der Waals surface area contributed by atoms with Crippen molar-refractivity contribution in [2.75, 3.05) is 6.61 Å². The standard InChI is InChI=1S/C30H27NO4S/c1-22-15-17-26(18-16-22)36(33,34)35-21-28(32)30(24-11-6-3-7-12-24)31-20-19-25-13-8-14-27(29(25)31)23-9-4-2-5-10-23/h2-20,28,30,32H,21H2,1H3/t28-,30+/m1/s1. The molecule has 182 valence electrons. The van der Waals surface area contributed by atoms with Gasteiger partial charge in [-0.2, -0.15) is 8.42 Å². The van der Waals surface area contributed by atoms with E-state index in [0.717, 1.165) is 33.2 Å². The highest BCUT2D eigenvalue weighted by Crippen LogP contribution is 2.34. The second kappa shape index (κ2) is 10.1. The van der Waals surface area contributed by atoms with E-state index in [1.807, 2.05) is 84.4 Å². The predicted octanol–water partition coefficient (Wildman–Crippen LogP) is 5.97. The van der Waals surface area contributed by atoms with Crippen LogP contribution in [-0.4, -0.2) is 30.8 Å². The summed E-state index contributed by atoms with van der Waals surface area (Å²) >= 11 is 0. The van der Waals surface area contributed by atoms with Crippen LogP contribution in [0.15, 0.2) is 120 Å². The van der Waals surface area contributed by atoms with Crippen LogP contribution in [0.2, 0.25) is 0 Å². The lowest BCUT2D eigenvalue weighted by molar-refractivity contribution is 0.0785. The average molecular weight is 498 g/mol. The van der Waals surface area contributed by atoms with Gasteiger partial charge in [-0.25, -0.2) is 0 Å². The van der Waals surface area contributed by atoms with Crippen LogP contribution in [0.25, 0.3) is 22.0 Å². The summed E-state index contributed by atoms with van der Waals surface area (Å²) in [6, 6.07) is 33.7. The minimum atomic E-state index is -4.02. The third-order valence-corrected chi connectivity index (χ3v) is 7.63. The summed E-state index contributed by atoms with van der Waals surface area (Å²) in [4.78, 5) is 0.0642. The van der Waals surface area contributed by atoms with E-state index in [9.17, 15) is 13.5 Å². The molecule has 0 aliphatic carbocycles. The van der Waals surface area contributed by atoms with Gasteiger partial charge in [0.2, 0.25) is 0 Å². The number of rotatable bonds is 8. The molecule has 5 aromatic rings. The summed E-state index contributed by atoms with van der Waals surface area (Å²) in [7, 11) is -4.02. The maximum Gasteiger partial charge on any atom is 0.297 e. The van der Waals surface area contributed by atoms with Gasteiger partial charge < -0.3 is 9.67 Å². The van der Waals surface area contributed by atoms with E-state index in [0.29, 0.717) is 0 Å². The topological polar surface area (TPSA) is 68.5 Å². The number of fused-ring (bicyclic) bond motifs is 1. The van der Waals surface area contributed by atoms with Crippen molar-refractivity contribution in [1.82, 2.24) is 4.57 Å². The van der Waals surface area contributed by atoms with E-state index < -0.39 is 22.3 Å². The first-order chi connectivity index (χ1) is 17.4. The van der Waals surface area contributed by atoms with Crippen molar-refractivity contribution in [3.63, 3.8) is 0 Å². The van der Waals surface area contributed by atoms with Crippen molar-refractivity contribution >= 4 is 21.0 Å². The number of para-hydroxylation sites is 1. The van der Waals surface area contributed by atoms with Gasteiger partial charge in [0, 0.05) is 17.1 Å². The predicted molar refractivity (Wildman–Crippen MR) is 142 cm³/mol. The molecule has 1 aromatic heterocycles. The number of aromatic nitrogens is 1. The molecule has 0 unspecified atom stereocenters. The molecule has 5 rings (SSSR count). The molecule has 0 spiro atoms. The van der Waals surface area contributed by atoms with Gasteiger partial charge in [0.25, 0.3) is 10.1 Å².